The molecule has 1 aromatic carbocycles. The number of rotatable bonds is 5. The van der Waals surface area contributed by atoms with Crippen molar-refractivity contribution in [3.8, 4) is 0 Å². The zero-order valence-electron chi connectivity index (χ0n) is 11.9. The van der Waals surface area contributed by atoms with Gasteiger partial charge in [0.05, 0.1) is 4.90 Å². The summed E-state index contributed by atoms with van der Waals surface area (Å²) in [7, 11) is -3.12. The Hall–Kier alpha value is -1.33. The van der Waals surface area contributed by atoms with Crippen molar-refractivity contribution in [1.82, 2.24) is 0 Å². The van der Waals surface area contributed by atoms with Crippen LogP contribution in [-0.2, 0) is 15.3 Å². The van der Waals surface area contributed by atoms with Gasteiger partial charge in [-0.25, -0.2) is 8.42 Å². The van der Waals surface area contributed by atoms with Crippen molar-refractivity contribution < 1.29 is 8.42 Å². The molecule has 0 spiro atoms. The summed E-state index contributed by atoms with van der Waals surface area (Å²) in [6, 6.07) is 11.1. The summed E-state index contributed by atoms with van der Waals surface area (Å²) in [6.07, 6.45) is 1.22. The number of benzene rings is 1. The average Bonchev–Trinajstić information content (AvgIpc) is 2.90. The molecule has 0 bridgehead atoms. The molecule has 0 fully saturated rings. The normalized spacial score (nSPS) is 12.3. The second-order valence-electron chi connectivity index (χ2n) is 5.51. The maximum absolute atomic E-state index is 11.4. The molecule has 0 aliphatic rings. The molecule has 0 unspecified atom stereocenters. The molecule has 0 radical (unpaired) electrons. The largest absolute Gasteiger partial charge is 0.384 e. The number of nitrogens with one attached hydrogen (secondary N) is 1. The molecular formula is C15H19NO2S2. The predicted octanol–water partition coefficient (Wildman–Crippen LogP) is 3.54. The lowest BCUT2D eigenvalue weighted by Gasteiger charge is -2.24. The molecule has 0 amide bonds. The molecule has 2 rings (SSSR count). The number of thiophene rings is 1. The maximum atomic E-state index is 11.4. The molecule has 1 N–H and O–H groups in total. The molecule has 1 heterocycles. The Morgan fingerprint density at radius 1 is 1.15 bits per heavy atom. The summed E-state index contributed by atoms with van der Waals surface area (Å²) in [5.74, 6) is 0. The van der Waals surface area contributed by atoms with Crippen molar-refractivity contribution in [1.29, 1.82) is 0 Å². The molecule has 0 aliphatic heterocycles. The van der Waals surface area contributed by atoms with E-state index in [0.29, 0.717) is 4.90 Å². The van der Waals surface area contributed by atoms with E-state index in [-0.39, 0.29) is 5.41 Å². The molecule has 108 valence electrons. The van der Waals surface area contributed by atoms with E-state index >= 15 is 0 Å². The smallest absolute Gasteiger partial charge is 0.175 e. The molecule has 1 aromatic heterocycles. The molecule has 3 nitrogen and oxygen atoms in total. The monoisotopic (exact) mass is 309 g/mol. The van der Waals surface area contributed by atoms with Crippen LogP contribution < -0.4 is 5.32 Å². The van der Waals surface area contributed by atoms with Crippen LogP contribution >= 0.6 is 11.3 Å². The summed E-state index contributed by atoms with van der Waals surface area (Å²) in [5.41, 5.74) is 0.978. The fourth-order valence-corrected chi connectivity index (χ4v) is 3.38. The summed E-state index contributed by atoms with van der Waals surface area (Å²) < 4.78 is 22.8. The summed E-state index contributed by atoms with van der Waals surface area (Å²) in [5, 5.41) is 5.45. The molecule has 0 atom stereocenters. The highest BCUT2D eigenvalue weighted by Gasteiger charge is 2.21. The summed E-state index contributed by atoms with van der Waals surface area (Å²) in [6.45, 7) is 5.18. The van der Waals surface area contributed by atoms with E-state index < -0.39 is 9.84 Å². The number of hydrogen-bond acceptors (Lipinski definition) is 4. The molecule has 5 heteroatoms. The molecule has 0 saturated carbocycles. The Morgan fingerprint density at radius 2 is 1.80 bits per heavy atom. The Labute approximate surface area is 124 Å². The van der Waals surface area contributed by atoms with E-state index in [1.54, 1.807) is 35.6 Å². The lowest BCUT2D eigenvalue weighted by atomic mass is 9.91. The first-order valence-corrected chi connectivity index (χ1v) is 9.14. The number of anilines is 1. The van der Waals surface area contributed by atoms with Crippen molar-refractivity contribution in [3.63, 3.8) is 0 Å². The van der Waals surface area contributed by atoms with Crippen molar-refractivity contribution in [2.45, 2.75) is 24.2 Å². The molecule has 0 aliphatic carbocycles. The minimum Gasteiger partial charge on any atom is -0.384 e. The lowest BCUT2D eigenvalue weighted by Crippen LogP contribution is -2.26. The Morgan fingerprint density at radius 3 is 2.30 bits per heavy atom. The SMILES string of the molecule is CC(C)(CNc1ccc(S(C)(=O)=O)cc1)c1cccs1. The zero-order valence-corrected chi connectivity index (χ0v) is 13.5. The van der Waals surface area contributed by atoms with Crippen LogP contribution in [0.1, 0.15) is 18.7 Å². The first kappa shape index (κ1) is 15.1. The van der Waals surface area contributed by atoms with Crippen LogP contribution in [0.2, 0.25) is 0 Å². The van der Waals surface area contributed by atoms with Crippen LogP contribution in [-0.4, -0.2) is 21.2 Å². The Balaban J connectivity index is 2.05. The summed E-state index contributed by atoms with van der Waals surface area (Å²) >= 11 is 1.75. The average molecular weight is 309 g/mol. The third-order valence-corrected chi connectivity index (χ3v) is 5.57. The maximum Gasteiger partial charge on any atom is 0.175 e. The van der Waals surface area contributed by atoms with Crippen LogP contribution in [0.15, 0.2) is 46.7 Å². The minimum atomic E-state index is -3.12. The van der Waals surface area contributed by atoms with Gasteiger partial charge in [-0.2, -0.15) is 0 Å². The third-order valence-electron chi connectivity index (χ3n) is 3.21. The van der Waals surface area contributed by atoms with E-state index in [1.807, 2.05) is 0 Å². The fourth-order valence-electron chi connectivity index (χ4n) is 1.89. The van der Waals surface area contributed by atoms with Gasteiger partial charge in [-0.3, -0.25) is 0 Å². The van der Waals surface area contributed by atoms with Gasteiger partial charge in [0.25, 0.3) is 0 Å². The van der Waals surface area contributed by atoms with E-state index in [0.717, 1.165) is 12.2 Å². The van der Waals surface area contributed by atoms with Gasteiger partial charge < -0.3 is 5.32 Å². The second kappa shape index (κ2) is 5.58. The van der Waals surface area contributed by atoms with Gasteiger partial charge in [-0.15, -0.1) is 11.3 Å². The first-order valence-electron chi connectivity index (χ1n) is 6.37. The minimum absolute atomic E-state index is 0.0453. The van der Waals surface area contributed by atoms with Crippen molar-refractivity contribution in [2.24, 2.45) is 0 Å². The van der Waals surface area contributed by atoms with Gasteiger partial charge in [0, 0.05) is 28.8 Å². The van der Waals surface area contributed by atoms with E-state index in [4.69, 9.17) is 0 Å². The van der Waals surface area contributed by atoms with Crippen LogP contribution in [0.4, 0.5) is 5.69 Å². The Bertz CT molecular complexity index is 656. The van der Waals surface area contributed by atoms with Gasteiger partial charge in [0.15, 0.2) is 9.84 Å². The van der Waals surface area contributed by atoms with Gasteiger partial charge in [-0.1, -0.05) is 19.9 Å². The van der Waals surface area contributed by atoms with Gasteiger partial charge >= 0.3 is 0 Å². The third kappa shape index (κ3) is 3.61. The second-order valence-corrected chi connectivity index (χ2v) is 8.47. The van der Waals surface area contributed by atoms with Crippen molar-refractivity contribution in [2.75, 3.05) is 18.1 Å². The van der Waals surface area contributed by atoms with E-state index in [1.165, 1.54) is 11.1 Å². The highest BCUT2D eigenvalue weighted by molar-refractivity contribution is 7.90. The van der Waals surface area contributed by atoms with Crippen LogP contribution in [0, 0.1) is 0 Å². The zero-order chi connectivity index (χ0) is 14.8. The lowest BCUT2D eigenvalue weighted by molar-refractivity contribution is 0.569. The van der Waals surface area contributed by atoms with Crippen LogP contribution in [0.5, 0.6) is 0 Å². The van der Waals surface area contributed by atoms with Gasteiger partial charge in [0.2, 0.25) is 0 Å². The molecule has 0 saturated heterocycles. The summed E-state index contributed by atoms with van der Waals surface area (Å²) in [4.78, 5) is 1.68. The predicted molar refractivity (Wildman–Crippen MR) is 85.4 cm³/mol. The van der Waals surface area contributed by atoms with Crippen LogP contribution in [0.3, 0.4) is 0 Å². The van der Waals surface area contributed by atoms with E-state index in [9.17, 15) is 8.42 Å². The quantitative estimate of drug-likeness (QED) is 0.919. The van der Waals surface area contributed by atoms with Crippen molar-refractivity contribution >= 4 is 26.9 Å². The Kier molecular flexibility index (Phi) is 4.20. The first-order chi connectivity index (χ1) is 9.29. The highest BCUT2D eigenvalue weighted by atomic mass is 32.2. The molecular weight excluding hydrogens is 290 g/mol. The van der Waals surface area contributed by atoms with Gasteiger partial charge in [-0.05, 0) is 35.7 Å². The van der Waals surface area contributed by atoms with E-state index in [2.05, 4.69) is 36.7 Å². The van der Waals surface area contributed by atoms with Crippen LogP contribution in [0.25, 0.3) is 0 Å². The molecule has 2 aromatic rings. The standard InChI is InChI=1S/C15H19NO2S2/c1-15(2,14-5-4-10-19-14)11-16-12-6-8-13(9-7-12)20(3,17)18/h4-10,16H,11H2,1-3H3. The topological polar surface area (TPSA) is 46.2 Å². The van der Waals surface area contributed by atoms with Crippen molar-refractivity contribution in [3.05, 3.63) is 46.7 Å². The fraction of sp³-hybridized carbons (Fsp3) is 0.333. The molecule has 20 heavy (non-hydrogen) atoms. The van der Waals surface area contributed by atoms with Gasteiger partial charge in [0.1, 0.15) is 0 Å². The number of sulfone groups is 1. The number of hydrogen-bond donors (Lipinski definition) is 1. The highest BCUT2D eigenvalue weighted by Crippen LogP contribution is 2.28.